The van der Waals surface area contributed by atoms with E-state index < -0.39 is 16.2 Å². The summed E-state index contributed by atoms with van der Waals surface area (Å²) in [6.07, 6.45) is 1.20. The van der Waals surface area contributed by atoms with E-state index in [-0.39, 0.29) is 10.6 Å². The van der Waals surface area contributed by atoms with Crippen LogP contribution in [0.4, 0.5) is 0 Å². The fraction of sp³-hybridized carbons (Fsp3) is 0.105. The number of fused-ring (bicyclic) bond motifs is 1. The highest BCUT2D eigenvalue weighted by atomic mass is 79.9. The summed E-state index contributed by atoms with van der Waals surface area (Å²) in [5, 5.41) is 10.9. The number of rotatable bonds is 6. The third-order valence-corrected chi connectivity index (χ3v) is 5.76. The molecule has 1 aromatic heterocycles. The summed E-state index contributed by atoms with van der Waals surface area (Å²) in [5.41, 5.74) is 0.979. The van der Waals surface area contributed by atoms with Gasteiger partial charge in [-0.1, -0.05) is 30.3 Å². The zero-order valence-electron chi connectivity index (χ0n) is 13.7. The molecule has 5 nitrogen and oxygen atoms in total. The van der Waals surface area contributed by atoms with Crippen molar-refractivity contribution in [1.82, 2.24) is 4.98 Å². The summed E-state index contributed by atoms with van der Waals surface area (Å²) in [4.78, 5) is 4.50. The van der Waals surface area contributed by atoms with Gasteiger partial charge in [0.25, 0.3) is 0 Å². The first-order valence-corrected chi connectivity index (χ1v) is 10.00. The number of benzene rings is 2. The van der Waals surface area contributed by atoms with Gasteiger partial charge in [0.2, 0.25) is 0 Å². The second-order valence-corrected chi connectivity index (χ2v) is 7.92. The topological polar surface area (TPSA) is 76.5 Å². The van der Waals surface area contributed by atoms with Gasteiger partial charge in [-0.25, -0.2) is 4.98 Å². The van der Waals surface area contributed by atoms with Crippen LogP contribution in [0.15, 0.2) is 76.6 Å². The lowest BCUT2D eigenvalue weighted by Gasteiger charge is -2.12. The van der Waals surface area contributed by atoms with Gasteiger partial charge in [-0.3, -0.25) is 0 Å². The molecule has 0 aliphatic carbocycles. The van der Waals surface area contributed by atoms with Crippen LogP contribution in [0.25, 0.3) is 10.9 Å². The molecule has 1 unspecified atom stereocenters. The molecule has 26 heavy (non-hydrogen) atoms. The van der Waals surface area contributed by atoms with Gasteiger partial charge < -0.3 is 9.29 Å². The average Bonchev–Trinajstić information content (AvgIpc) is 2.65. The van der Waals surface area contributed by atoms with Crippen molar-refractivity contribution in [1.29, 1.82) is 0 Å². The quantitative estimate of drug-likeness (QED) is 0.461. The van der Waals surface area contributed by atoms with Crippen LogP contribution in [0.1, 0.15) is 18.2 Å². The maximum absolute atomic E-state index is 12.4. The number of hydrogen-bond acceptors (Lipinski definition) is 5. The van der Waals surface area contributed by atoms with E-state index >= 15 is 0 Å². The molecule has 3 rings (SSSR count). The minimum absolute atomic E-state index is 0.0649. The summed E-state index contributed by atoms with van der Waals surface area (Å²) in [7, 11) is -3.96. The van der Waals surface area contributed by atoms with Gasteiger partial charge in [0.1, 0.15) is 4.90 Å². The van der Waals surface area contributed by atoms with Crippen molar-refractivity contribution in [2.45, 2.75) is 17.4 Å². The van der Waals surface area contributed by atoms with E-state index in [2.05, 4.69) is 27.5 Å². The standard InChI is InChI=1S/C19H16BrNO4S/c1-2-6-16(22)15-11-9-13-10-12-17(18(20)19(13)21-15)25-26(23,24)14-7-4-3-5-8-14/h2-5,7-12,16,22H,1,6H2. The lowest BCUT2D eigenvalue weighted by atomic mass is 10.1. The van der Waals surface area contributed by atoms with Crippen molar-refractivity contribution in [3.8, 4) is 5.75 Å². The van der Waals surface area contributed by atoms with E-state index in [1.807, 2.05) is 6.07 Å². The molecule has 0 bridgehead atoms. The SMILES string of the molecule is C=CCC(O)c1ccc2ccc(OS(=O)(=O)c3ccccc3)c(Br)c2n1. The van der Waals surface area contributed by atoms with Gasteiger partial charge >= 0.3 is 10.1 Å². The molecule has 134 valence electrons. The molecule has 3 aromatic rings. The third-order valence-electron chi connectivity index (χ3n) is 3.75. The fourth-order valence-electron chi connectivity index (χ4n) is 2.43. The first-order valence-electron chi connectivity index (χ1n) is 7.80. The minimum atomic E-state index is -3.96. The van der Waals surface area contributed by atoms with E-state index in [0.717, 1.165) is 5.39 Å². The van der Waals surface area contributed by atoms with Crippen LogP contribution < -0.4 is 4.18 Å². The third kappa shape index (κ3) is 3.80. The fourth-order valence-corrected chi connectivity index (χ4v) is 4.03. The highest BCUT2D eigenvalue weighted by Crippen LogP contribution is 2.34. The molecular formula is C19H16BrNO4S. The van der Waals surface area contributed by atoms with Crippen LogP contribution in [0.2, 0.25) is 0 Å². The molecule has 1 heterocycles. The number of aromatic nitrogens is 1. The van der Waals surface area contributed by atoms with E-state index in [1.54, 1.807) is 42.5 Å². The van der Waals surface area contributed by atoms with Crippen molar-refractivity contribution >= 4 is 37.0 Å². The number of aliphatic hydroxyl groups is 1. The van der Waals surface area contributed by atoms with E-state index in [9.17, 15) is 13.5 Å². The summed E-state index contributed by atoms with van der Waals surface area (Å²) in [6, 6.07) is 14.7. The van der Waals surface area contributed by atoms with Crippen molar-refractivity contribution in [2.24, 2.45) is 0 Å². The zero-order chi connectivity index (χ0) is 18.7. The first-order chi connectivity index (χ1) is 12.4. The van der Waals surface area contributed by atoms with Gasteiger partial charge in [0.05, 0.1) is 21.8 Å². The minimum Gasteiger partial charge on any atom is -0.386 e. The van der Waals surface area contributed by atoms with Crippen LogP contribution in [0, 0.1) is 0 Å². The van der Waals surface area contributed by atoms with Crippen molar-refractivity contribution in [3.63, 3.8) is 0 Å². The zero-order valence-corrected chi connectivity index (χ0v) is 16.1. The van der Waals surface area contributed by atoms with Crippen LogP contribution in [0.3, 0.4) is 0 Å². The Balaban J connectivity index is 2.02. The summed E-state index contributed by atoms with van der Waals surface area (Å²) >= 11 is 3.38. The Labute approximate surface area is 160 Å². The lowest BCUT2D eigenvalue weighted by molar-refractivity contribution is 0.177. The number of aliphatic hydroxyl groups excluding tert-OH is 1. The molecule has 0 saturated carbocycles. The average molecular weight is 434 g/mol. The van der Waals surface area contributed by atoms with Crippen molar-refractivity contribution in [3.05, 3.63) is 77.4 Å². The maximum atomic E-state index is 12.4. The molecule has 1 atom stereocenters. The van der Waals surface area contributed by atoms with Gasteiger partial charge in [0.15, 0.2) is 5.75 Å². The lowest BCUT2D eigenvalue weighted by Crippen LogP contribution is -2.10. The second kappa shape index (κ2) is 7.57. The van der Waals surface area contributed by atoms with Crippen LogP contribution in [-0.2, 0) is 10.1 Å². The Morgan fingerprint density at radius 3 is 2.54 bits per heavy atom. The molecule has 1 N–H and O–H groups in total. The van der Waals surface area contributed by atoms with Crippen LogP contribution >= 0.6 is 15.9 Å². The Morgan fingerprint density at radius 1 is 1.15 bits per heavy atom. The molecule has 0 aliphatic rings. The first kappa shape index (κ1) is 18.6. The van der Waals surface area contributed by atoms with Gasteiger partial charge in [-0.15, -0.1) is 6.58 Å². The van der Waals surface area contributed by atoms with E-state index in [0.29, 0.717) is 22.1 Å². The highest BCUT2D eigenvalue weighted by molar-refractivity contribution is 9.10. The van der Waals surface area contributed by atoms with Gasteiger partial charge in [0, 0.05) is 5.39 Å². The van der Waals surface area contributed by atoms with Crippen LogP contribution in [-0.4, -0.2) is 18.5 Å². The Morgan fingerprint density at radius 2 is 1.85 bits per heavy atom. The molecule has 0 spiro atoms. The molecule has 2 aromatic carbocycles. The number of halogens is 1. The van der Waals surface area contributed by atoms with E-state index in [4.69, 9.17) is 4.18 Å². The summed E-state index contributed by atoms with van der Waals surface area (Å²) in [6.45, 7) is 3.61. The molecule has 0 amide bonds. The largest absolute Gasteiger partial charge is 0.386 e. The smallest absolute Gasteiger partial charge is 0.339 e. The van der Waals surface area contributed by atoms with Crippen LogP contribution in [0.5, 0.6) is 5.75 Å². The summed E-state index contributed by atoms with van der Waals surface area (Å²) < 4.78 is 30.6. The van der Waals surface area contributed by atoms with E-state index in [1.165, 1.54) is 12.1 Å². The van der Waals surface area contributed by atoms with Crippen molar-refractivity contribution in [2.75, 3.05) is 0 Å². The van der Waals surface area contributed by atoms with Gasteiger partial charge in [-0.2, -0.15) is 8.42 Å². The summed E-state index contributed by atoms with van der Waals surface area (Å²) in [5.74, 6) is 0.129. The van der Waals surface area contributed by atoms with Gasteiger partial charge in [-0.05, 0) is 52.7 Å². The molecule has 0 radical (unpaired) electrons. The Bertz CT molecular complexity index is 1050. The predicted molar refractivity (Wildman–Crippen MR) is 103 cm³/mol. The predicted octanol–water partition coefficient (Wildman–Crippen LogP) is 4.37. The molecule has 0 fully saturated rings. The molecular weight excluding hydrogens is 418 g/mol. The molecule has 7 heteroatoms. The molecule has 0 aliphatic heterocycles. The second-order valence-electron chi connectivity index (χ2n) is 5.58. The monoisotopic (exact) mass is 433 g/mol. The highest BCUT2D eigenvalue weighted by Gasteiger charge is 2.19. The maximum Gasteiger partial charge on any atom is 0.339 e. The number of hydrogen-bond donors (Lipinski definition) is 1. The Kier molecular flexibility index (Phi) is 5.41. The number of pyridine rings is 1. The molecule has 0 saturated heterocycles. The number of nitrogens with zero attached hydrogens (tertiary/aromatic N) is 1. The Hall–Kier alpha value is -2.22. The normalized spacial score (nSPS) is 12.7. The van der Waals surface area contributed by atoms with Crippen molar-refractivity contribution < 1.29 is 17.7 Å².